The molecule has 1 atom stereocenters. The van der Waals surface area contributed by atoms with Crippen molar-refractivity contribution in [1.82, 2.24) is 5.01 Å². The molecule has 1 unspecified atom stereocenters. The van der Waals surface area contributed by atoms with Gasteiger partial charge in [-0.15, -0.1) is 0 Å². The number of urea groups is 1. The van der Waals surface area contributed by atoms with Gasteiger partial charge in [-0.25, -0.2) is 9.80 Å². The second-order valence-electron chi connectivity index (χ2n) is 6.81. The molecule has 0 spiro atoms. The van der Waals surface area contributed by atoms with Crippen molar-refractivity contribution < 1.29 is 9.53 Å². The van der Waals surface area contributed by atoms with E-state index in [0.717, 1.165) is 22.6 Å². The summed E-state index contributed by atoms with van der Waals surface area (Å²) in [6, 6.07) is 21.8. The first kappa shape index (κ1) is 20.3. The molecule has 1 aliphatic rings. The zero-order valence-electron chi connectivity index (χ0n) is 16.2. The number of amides is 2. The molecule has 0 saturated heterocycles. The molecule has 0 aliphatic carbocycles. The van der Waals surface area contributed by atoms with E-state index in [-0.39, 0.29) is 11.9 Å². The highest BCUT2D eigenvalue weighted by molar-refractivity contribution is 6.31. The number of nitrogens with one attached hydrogen (secondary N) is 1. The SMILES string of the molecule is COc1ccccc1C1CN(C(=O)Nc2ccc(Cl)cc2)N=C1c1ccc(Cl)cc1. The molecular formula is C23H19Cl2N3O2. The lowest BCUT2D eigenvalue weighted by Gasteiger charge is -2.18. The van der Waals surface area contributed by atoms with Gasteiger partial charge in [-0.1, -0.05) is 53.5 Å². The molecule has 0 radical (unpaired) electrons. The first-order valence-electron chi connectivity index (χ1n) is 9.36. The maximum atomic E-state index is 12.9. The van der Waals surface area contributed by atoms with Crippen LogP contribution in [0.2, 0.25) is 10.0 Å². The molecule has 1 heterocycles. The smallest absolute Gasteiger partial charge is 0.342 e. The number of nitrogens with zero attached hydrogens (tertiary/aromatic N) is 2. The molecule has 7 heteroatoms. The molecule has 0 saturated carbocycles. The van der Waals surface area contributed by atoms with Gasteiger partial charge in [0.25, 0.3) is 0 Å². The van der Waals surface area contributed by atoms with E-state index in [4.69, 9.17) is 27.9 Å². The second-order valence-corrected chi connectivity index (χ2v) is 7.68. The molecule has 0 aromatic heterocycles. The first-order chi connectivity index (χ1) is 14.5. The van der Waals surface area contributed by atoms with E-state index in [1.807, 2.05) is 48.5 Å². The van der Waals surface area contributed by atoms with Gasteiger partial charge in [0.05, 0.1) is 25.3 Å². The Bertz CT molecular complexity index is 1080. The van der Waals surface area contributed by atoms with Crippen LogP contribution >= 0.6 is 23.2 Å². The Morgan fingerprint density at radius 2 is 1.63 bits per heavy atom. The minimum Gasteiger partial charge on any atom is -0.496 e. The molecule has 3 aromatic carbocycles. The fourth-order valence-corrected chi connectivity index (χ4v) is 3.68. The molecule has 0 bridgehead atoms. The van der Waals surface area contributed by atoms with Crippen molar-refractivity contribution in [3.63, 3.8) is 0 Å². The zero-order valence-corrected chi connectivity index (χ0v) is 17.7. The number of hydrogen-bond donors (Lipinski definition) is 1. The quantitative estimate of drug-likeness (QED) is 0.538. The van der Waals surface area contributed by atoms with Crippen molar-refractivity contribution in [2.45, 2.75) is 5.92 Å². The number of rotatable bonds is 4. The van der Waals surface area contributed by atoms with Crippen LogP contribution in [0.25, 0.3) is 0 Å². The van der Waals surface area contributed by atoms with Crippen LogP contribution in [-0.2, 0) is 0 Å². The number of hydrogen-bond acceptors (Lipinski definition) is 3. The number of methoxy groups -OCH3 is 1. The van der Waals surface area contributed by atoms with Crippen LogP contribution in [0.3, 0.4) is 0 Å². The van der Waals surface area contributed by atoms with Crippen molar-refractivity contribution >= 4 is 40.6 Å². The number of carbonyl (C=O) groups is 1. The number of para-hydroxylation sites is 1. The lowest BCUT2D eigenvalue weighted by molar-refractivity contribution is 0.218. The number of hydrazone groups is 1. The highest BCUT2D eigenvalue weighted by atomic mass is 35.5. The summed E-state index contributed by atoms with van der Waals surface area (Å²) in [7, 11) is 1.64. The highest BCUT2D eigenvalue weighted by Gasteiger charge is 2.34. The van der Waals surface area contributed by atoms with Gasteiger partial charge in [-0.05, 0) is 48.0 Å². The summed E-state index contributed by atoms with van der Waals surface area (Å²) in [5.74, 6) is 0.613. The van der Waals surface area contributed by atoms with Crippen molar-refractivity contribution in [1.29, 1.82) is 0 Å². The van der Waals surface area contributed by atoms with Gasteiger partial charge in [0.15, 0.2) is 0 Å². The van der Waals surface area contributed by atoms with E-state index in [2.05, 4.69) is 10.4 Å². The maximum Gasteiger partial charge on any atom is 0.342 e. The van der Waals surface area contributed by atoms with Crippen molar-refractivity contribution in [2.24, 2.45) is 5.10 Å². The molecular weight excluding hydrogens is 421 g/mol. The van der Waals surface area contributed by atoms with E-state index in [1.165, 1.54) is 5.01 Å². The predicted molar refractivity (Wildman–Crippen MR) is 121 cm³/mol. The molecule has 2 amide bonds. The molecule has 152 valence electrons. The summed E-state index contributed by atoms with van der Waals surface area (Å²) in [5.41, 5.74) is 3.29. The standard InChI is InChI=1S/C23H19Cl2N3O2/c1-30-21-5-3-2-4-19(21)20-14-28(23(29)26-18-12-10-17(25)11-13-18)27-22(20)15-6-8-16(24)9-7-15/h2-13,20H,14H2,1H3,(H,26,29). The number of benzene rings is 3. The number of ether oxygens (including phenoxy) is 1. The molecule has 1 N–H and O–H groups in total. The van der Waals surface area contributed by atoms with Crippen LogP contribution in [0.5, 0.6) is 5.75 Å². The molecule has 3 aromatic rings. The van der Waals surface area contributed by atoms with Gasteiger partial charge in [-0.3, -0.25) is 0 Å². The van der Waals surface area contributed by atoms with Crippen LogP contribution in [0.1, 0.15) is 17.0 Å². The third-order valence-electron chi connectivity index (χ3n) is 4.90. The Morgan fingerprint density at radius 1 is 1.00 bits per heavy atom. The second kappa shape index (κ2) is 8.78. The van der Waals surface area contributed by atoms with Crippen LogP contribution < -0.4 is 10.1 Å². The molecule has 4 rings (SSSR count). The summed E-state index contributed by atoms with van der Waals surface area (Å²) in [6.07, 6.45) is 0. The Morgan fingerprint density at radius 3 is 2.30 bits per heavy atom. The number of anilines is 1. The summed E-state index contributed by atoms with van der Waals surface area (Å²) >= 11 is 12.0. The monoisotopic (exact) mass is 439 g/mol. The van der Waals surface area contributed by atoms with Crippen LogP contribution in [0.15, 0.2) is 77.9 Å². The maximum absolute atomic E-state index is 12.9. The Balaban J connectivity index is 1.66. The van der Waals surface area contributed by atoms with E-state index in [0.29, 0.717) is 22.3 Å². The first-order valence-corrected chi connectivity index (χ1v) is 10.1. The fraction of sp³-hybridized carbons (Fsp3) is 0.130. The minimum absolute atomic E-state index is 0.140. The largest absolute Gasteiger partial charge is 0.496 e. The number of halogens is 2. The lowest BCUT2D eigenvalue weighted by atomic mass is 9.90. The van der Waals surface area contributed by atoms with E-state index < -0.39 is 0 Å². The highest BCUT2D eigenvalue weighted by Crippen LogP contribution is 2.34. The third kappa shape index (κ3) is 4.27. The molecule has 1 aliphatic heterocycles. The topological polar surface area (TPSA) is 53.9 Å². The van der Waals surface area contributed by atoms with Crippen LogP contribution in [0.4, 0.5) is 10.5 Å². The van der Waals surface area contributed by atoms with Crippen molar-refractivity contribution in [3.05, 3.63) is 94.0 Å². The van der Waals surface area contributed by atoms with E-state index in [1.54, 1.807) is 31.4 Å². The average Bonchev–Trinajstić information content (AvgIpc) is 3.21. The summed E-state index contributed by atoms with van der Waals surface area (Å²) in [4.78, 5) is 12.9. The van der Waals surface area contributed by atoms with E-state index >= 15 is 0 Å². The van der Waals surface area contributed by atoms with Gasteiger partial charge in [0.2, 0.25) is 0 Å². The van der Waals surface area contributed by atoms with Gasteiger partial charge >= 0.3 is 6.03 Å². The summed E-state index contributed by atoms with van der Waals surface area (Å²) < 4.78 is 5.56. The Kier molecular flexibility index (Phi) is 5.93. The van der Waals surface area contributed by atoms with Crippen LogP contribution in [0, 0.1) is 0 Å². The molecule has 0 fully saturated rings. The predicted octanol–water partition coefficient (Wildman–Crippen LogP) is 6.04. The Hall–Kier alpha value is -3.02. The van der Waals surface area contributed by atoms with Crippen molar-refractivity contribution in [2.75, 3.05) is 19.0 Å². The van der Waals surface area contributed by atoms with Gasteiger partial charge in [0.1, 0.15) is 5.75 Å². The summed E-state index contributed by atoms with van der Waals surface area (Å²) in [6.45, 7) is 0.387. The van der Waals surface area contributed by atoms with Crippen molar-refractivity contribution in [3.8, 4) is 5.75 Å². The lowest BCUT2D eigenvalue weighted by Crippen LogP contribution is -2.30. The number of carbonyl (C=O) groups excluding carboxylic acids is 1. The normalized spacial score (nSPS) is 15.6. The fourth-order valence-electron chi connectivity index (χ4n) is 3.43. The van der Waals surface area contributed by atoms with Gasteiger partial charge in [-0.2, -0.15) is 5.10 Å². The average molecular weight is 440 g/mol. The minimum atomic E-state index is -0.318. The molecule has 5 nitrogen and oxygen atoms in total. The zero-order chi connectivity index (χ0) is 21.1. The van der Waals surface area contributed by atoms with E-state index in [9.17, 15) is 4.79 Å². The third-order valence-corrected chi connectivity index (χ3v) is 5.40. The van der Waals surface area contributed by atoms with Crippen LogP contribution in [-0.4, -0.2) is 30.4 Å². The summed E-state index contributed by atoms with van der Waals surface area (Å²) in [5, 5.41) is 10.2. The van der Waals surface area contributed by atoms with Gasteiger partial charge in [0, 0.05) is 21.3 Å². The Labute approximate surface area is 184 Å². The van der Waals surface area contributed by atoms with Gasteiger partial charge < -0.3 is 10.1 Å². The molecule has 30 heavy (non-hydrogen) atoms.